The molecule has 1 atom stereocenters. The van der Waals surface area contributed by atoms with Crippen LogP contribution < -0.4 is 10.6 Å². The number of nitrogens with zero attached hydrogens (tertiary/aromatic N) is 2. The van der Waals surface area contributed by atoms with Crippen LogP contribution in [-0.2, 0) is 6.42 Å². The lowest BCUT2D eigenvalue weighted by molar-refractivity contribution is 0.273. The van der Waals surface area contributed by atoms with Crippen LogP contribution in [0.4, 0.5) is 0 Å². The number of fused-ring (bicyclic) bond motifs is 1. The third-order valence-electron chi connectivity index (χ3n) is 5.41. The van der Waals surface area contributed by atoms with E-state index in [0.29, 0.717) is 6.04 Å². The van der Waals surface area contributed by atoms with Crippen molar-refractivity contribution in [2.24, 2.45) is 4.99 Å². The summed E-state index contributed by atoms with van der Waals surface area (Å²) in [5, 5.41) is 8.21. The van der Waals surface area contributed by atoms with Crippen LogP contribution in [0.15, 0.2) is 29.4 Å². The average molecular weight is 356 g/mol. The molecule has 0 saturated carbocycles. The van der Waals surface area contributed by atoms with E-state index < -0.39 is 0 Å². The van der Waals surface area contributed by atoms with Crippen molar-refractivity contribution in [2.75, 3.05) is 32.7 Å². The Morgan fingerprint density at radius 2 is 2.19 bits per heavy atom. The van der Waals surface area contributed by atoms with Gasteiger partial charge in [0, 0.05) is 36.2 Å². The van der Waals surface area contributed by atoms with Gasteiger partial charge in [0.15, 0.2) is 5.96 Å². The van der Waals surface area contributed by atoms with Gasteiger partial charge >= 0.3 is 0 Å². The lowest BCUT2D eigenvalue weighted by Crippen LogP contribution is -2.40. The van der Waals surface area contributed by atoms with E-state index in [0.717, 1.165) is 38.6 Å². The number of benzene rings is 1. The van der Waals surface area contributed by atoms with E-state index >= 15 is 0 Å². The number of guanidine groups is 1. The molecule has 0 bridgehead atoms. The van der Waals surface area contributed by atoms with Gasteiger partial charge in [-0.25, -0.2) is 0 Å². The highest BCUT2D eigenvalue weighted by molar-refractivity contribution is 5.86. The number of H-pyrrole nitrogens is 1. The second kappa shape index (κ2) is 9.08. The molecule has 26 heavy (non-hydrogen) atoms. The monoisotopic (exact) mass is 355 g/mol. The molecule has 5 heteroatoms. The van der Waals surface area contributed by atoms with Crippen molar-refractivity contribution in [3.63, 3.8) is 0 Å². The number of nitrogens with one attached hydrogen (secondary N) is 3. The van der Waals surface area contributed by atoms with Crippen molar-refractivity contribution in [3.8, 4) is 0 Å². The number of aromatic nitrogens is 1. The summed E-state index contributed by atoms with van der Waals surface area (Å²) < 4.78 is 0. The average Bonchev–Trinajstić information content (AvgIpc) is 3.27. The Hall–Kier alpha value is -2.01. The largest absolute Gasteiger partial charge is 0.361 e. The van der Waals surface area contributed by atoms with E-state index in [1.54, 1.807) is 0 Å². The molecule has 0 amide bonds. The first-order valence-electron chi connectivity index (χ1n) is 10.0. The minimum atomic E-state index is 0.604. The topological polar surface area (TPSA) is 55.5 Å². The molecule has 1 unspecified atom stereocenters. The summed E-state index contributed by atoms with van der Waals surface area (Å²) in [6, 6.07) is 7.09. The Bertz CT molecular complexity index is 733. The Morgan fingerprint density at radius 1 is 1.31 bits per heavy atom. The van der Waals surface area contributed by atoms with Gasteiger partial charge in [0.25, 0.3) is 0 Å². The molecule has 142 valence electrons. The van der Waals surface area contributed by atoms with E-state index in [1.165, 1.54) is 41.4 Å². The second-order valence-corrected chi connectivity index (χ2v) is 7.13. The zero-order valence-corrected chi connectivity index (χ0v) is 16.4. The van der Waals surface area contributed by atoms with Crippen LogP contribution in [0, 0.1) is 6.92 Å². The van der Waals surface area contributed by atoms with Gasteiger partial charge in [-0.2, -0.15) is 0 Å². The predicted octanol–water partition coefficient (Wildman–Crippen LogP) is 3.06. The molecule has 1 aliphatic heterocycles. The normalized spacial score (nSPS) is 18.6. The van der Waals surface area contributed by atoms with Gasteiger partial charge in [-0.1, -0.05) is 25.1 Å². The van der Waals surface area contributed by atoms with Crippen LogP contribution >= 0.6 is 0 Å². The van der Waals surface area contributed by atoms with Crippen LogP contribution in [-0.4, -0.2) is 54.6 Å². The fourth-order valence-electron chi connectivity index (χ4n) is 3.94. The van der Waals surface area contributed by atoms with Crippen molar-refractivity contribution in [3.05, 3.63) is 35.5 Å². The van der Waals surface area contributed by atoms with E-state index in [1.807, 2.05) is 0 Å². The highest BCUT2D eigenvalue weighted by Crippen LogP contribution is 2.21. The number of rotatable bonds is 7. The number of hydrogen-bond acceptors (Lipinski definition) is 2. The Kier molecular flexibility index (Phi) is 6.56. The van der Waals surface area contributed by atoms with Gasteiger partial charge in [0.05, 0.1) is 6.54 Å². The van der Waals surface area contributed by atoms with Gasteiger partial charge in [0.1, 0.15) is 0 Å². The first-order chi connectivity index (χ1) is 12.7. The number of likely N-dealkylation sites (tertiary alicyclic amines) is 1. The molecule has 3 N–H and O–H groups in total. The maximum absolute atomic E-state index is 4.83. The van der Waals surface area contributed by atoms with Crippen molar-refractivity contribution in [2.45, 2.75) is 46.1 Å². The Morgan fingerprint density at radius 3 is 3.00 bits per heavy atom. The number of aromatic amines is 1. The molecular formula is C21H33N5. The smallest absolute Gasteiger partial charge is 0.191 e. The third kappa shape index (κ3) is 4.39. The molecule has 0 radical (unpaired) electrons. The molecule has 1 aromatic carbocycles. The molecule has 2 aromatic rings. The minimum absolute atomic E-state index is 0.604. The molecule has 1 saturated heterocycles. The molecule has 1 aliphatic rings. The summed E-state index contributed by atoms with van der Waals surface area (Å²) >= 11 is 0. The summed E-state index contributed by atoms with van der Waals surface area (Å²) in [4.78, 5) is 10.8. The molecule has 2 heterocycles. The lowest BCUT2D eigenvalue weighted by Gasteiger charge is -2.21. The zero-order chi connectivity index (χ0) is 18.4. The molecule has 1 aromatic heterocycles. The van der Waals surface area contributed by atoms with Crippen LogP contribution in [0.1, 0.15) is 37.8 Å². The predicted molar refractivity (Wildman–Crippen MR) is 111 cm³/mol. The minimum Gasteiger partial charge on any atom is -0.361 e. The van der Waals surface area contributed by atoms with Gasteiger partial charge in [0.2, 0.25) is 0 Å². The van der Waals surface area contributed by atoms with Crippen LogP contribution in [0.5, 0.6) is 0 Å². The van der Waals surface area contributed by atoms with E-state index in [4.69, 9.17) is 4.99 Å². The summed E-state index contributed by atoms with van der Waals surface area (Å²) in [7, 11) is 0. The Labute approximate surface area is 157 Å². The van der Waals surface area contributed by atoms with Gasteiger partial charge in [-0.15, -0.1) is 0 Å². The maximum Gasteiger partial charge on any atom is 0.191 e. The third-order valence-corrected chi connectivity index (χ3v) is 5.41. The van der Waals surface area contributed by atoms with Gasteiger partial charge in [-0.05, 0) is 57.3 Å². The lowest BCUT2D eigenvalue weighted by atomic mass is 10.1. The molecule has 0 aliphatic carbocycles. The highest BCUT2D eigenvalue weighted by Gasteiger charge is 2.22. The SMILES string of the molecule is CCNC(=NCC1CCCN1CC)NCCc1c[nH]c2c(C)cccc12. The maximum atomic E-state index is 4.83. The van der Waals surface area contributed by atoms with Crippen molar-refractivity contribution >= 4 is 16.9 Å². The highest BCUT2D eigenvalue weighted by atomic mass is 15.2. The standard InChI is InChI=1S/C21H33N5/c1-4-22-21(25-15-18-9-7-13-26(18)5-2)23-12-11-17-14-24-20-16(3)8-6-10-19(17)20/h6,8,10,14,18,24H,4-5,7,9,11-13,15H2,1-3H3,(H2,22,23,25). The van der Waals surface area contributed by atoms with Gasteiger partial charge in [-0.3, -0.25) is 9.89 Å². The first-order valence-corrected chi connectivity index (χ1v) is 10.0. The molecule has 3 rings (SSSR count). The van der Waals surface area contributed by atoms with Crippen LogP contribution in [0.3, 0.4) is 0 Å². The number of likely N-dealkylation sites (N-methyl/N-ethyl adjacent to an activating group) is 1. The van der Waals surface area contributed by atoms with E-state index in [9.17, 15) is 0 Å². The van der Waals surface area contributed by atoms with Crippen molar-refractivity contribution in [1.82, 2.24) is 20.5 Å². The molecule has 0 spiro atoms. The first kappa shape index (κ1) is 18.8. The van der Waals surface area contributed by atoms with E-state index in [-0.39, 0.29) is 0 Å². The molecular weight excluding hydrogens is 322 g/mol. The van der Waals surface area contributed by atoms with Crippen molar-refractivity contribution < 1.29 is 0 Å². The number of hydrogen-bond donors (Lipinski definition) is 3. The van der Waals surface area contributed by atoms with Gasteiger partial charge < -0.3 is 15.6 Å². The van der Waals surface area contributed by atoms with Crippen LogP contribution in [0.25, 0.3) is 10.9 Å². The molecule has 1 fully saturated rings. The number of para-hydroxylation sites is 1. The Balaban J connectivity index is 1.56. The fraction of sp³-hybridized carbons (Fsp3) is 0.571. The zero-order valence-electron chi connectivity index (χ0n) is 16.4. The number of aliphatic imine (C=N–C) groups is 1. The van der Waals surface area contributed by atoms with E-state index in [2.05, 4.69) is 65.7 Å². The second-order valence-electron chi connectivity index (χ2n) is 7.13. The number of aryl methyl sites for hydroxylation is 1. The van der Waals surface area contributed by atoms with Crippen LogP contribution in [0.2, 0.25) is 0 Å². The summed E-state index contributed by atoms with van der Waals surface area (Å²) in [6.07, 6.45) is 5.70. The summed E-state index contributed by atoms with van der Waals surface area (Å²) in [6.45, 7) is 11.5. The summed E-state index contributed by atoms with van der Waals surface area (Å²) in [5.41, 5.74) is 3.91. The van der Waals surface area contributed by atoms with Crippen molar-refractivity contribution in [1.29, 1.82) is 0 Å². The fourth-order valence-corrected chi connectivity index (χ4v) is 3.94. The summed E-state index contributed by atoms with van der Waals surface area (Å²) in [5.74, 6) is 0.937. The quantitative estimate of drug-likeness (QED) is 0.528. The molecule has 5 nitrogen and oxygen atoms in total.